The van der Waals surface area contributed by atoms with Crippen LogP contribution in [0.15, 0.2) is 11.6 Å². The molecule has 0 amide bonds. The van der Waals surface area contributed by atoms with Gasteiger partial charge in [-0.2, -0.15) is 0 Å². The molecule has 1 rings (SSSR count). The molecule has 1 atom stereocenters. The number of carbonyl (C=O) groups is 1. The van der Waals surface area contributed by atoms with Gasteiger partial charge in [-0.25, -0.2) is 0 Å². The fourth-order valence-electron chi connectivity index (χ4n) is 1.03. The molecule has 1 aliphatic carbocycles. The molecular weight excluding hydrogens is 128 g/mol. The first kappa shape index (κ1) is 7.48. The molecule has 0 aliphatic heterocycles. The summed E-state index contributed by atoms with van der Waals surface area (Å²) in [7, 11) is 0. The van der Waals surface area contributed by atoms with E-state index in [-0.39, 0.29) is 5.78 Å². The molecule has 10 heavy (non-hydrogen) atoms. The van der Waals surface area contributed by atoms with Crippen LogP contribution in [0.3, 0.4) is 0 Å². The van der Waals surface area contributed by atoms with Crippen LogP contribution in [0, 0.1) is 0 Å². The molecule has 1 N–H and O–H groups in total. The van der Waals surface area contributed by atoms with E-state index in [1.807, 2.05) is 0 Å². The summed E-state index contributed by atoms with van der Waals surface area (Å²) in [5.74, 6) is 0.129. The molecule has 0 saturated heterocycles. The van der Waals surface area contributed by atoms with Gasteiger partial charge in [-0.1, -0.05) is 0 Å². The summed E-state index contributed by atoms with van der Waals surface area (Å²) in [6, 6.07) is 0. The van der Waals surface area contributed by atoms with Gasteiger partial charge >= 0.3 is 0 Å². The molecule has 0 radical (unpaired) electrons. The van der Waals surface area contributed by atoms with Crippen molar-refractivity contribution in [1.82, 2.24) is 0 Å². The Morgan fingerprint density at radius 1 is 1.70 bits per heavy atom. The van der Waals surface area contributed by atoms with Gasteiger partial charge in [0.2, 0.25) is 0 Å². The second-order valence-corrected chi connectivity index (χ2v) is 3.07. The number of aliphatic hydroxyl groups is 1. The van der Waals surface area contributed by atoms with Crippen molar-refractivity contribution in [3.05, 3.63) is 11.6 Å². The molecule has 56 valence electrons. The van der Waals surface area contributed by atoms with Crippen molar-refractivity contribution < 1.29 is 9.90 Å². The molecule has 0 heterocycles. The van der Waals surface area contributed by atoms with Gasteiger partial charge in [0.25, 0.3) is 0 Å². The van der Waals surface area contributed by atoms with Crippen LogP contribution >= 0.6 is 0 Å². The van der Waals surface area contributed by atoms with Crippen molar-refractivity contribution in [2.24, 2.45) is 0 Å². The second kappa shape index (κ2) is 2.20. The third kappa shape index (κ3) is 1.27. The van der Waals surface area contributed by atoms with Crippen LogP contribution in [0.2, 0.25) is 0 Å². The van der Waals surface area contributed by atoms with Gasteiger partial charge < -0.3 is 5.11 Å². The second-order valence-electron chi connectivity index (χ2n) is 3.07. The van der Waals surface area contributed by atoms with E-state index < -0.39 is 5.60 Å². The minimum atomic E-state index is -0.742. The summed E-state index contributed by atoms with van der Waals surface area (Å²) >= 11 is 0. The van der Waals surface area contributed by atoms with E-state index in [0.29, 0.717) is 12.8 Å². The summed E-state index contributed by atoms with van der Waals surface area (Å²) in [6.07, 6.45) is 2.57. The Balaban J connectivity index is 2.88. The van der Waals surface area contributed by atoms with Crippen LogP contribution < -0.4 is 0 Å². The normalized spacial score (nSPS) is 33.9. The Labute approximate surface area is 60.6 Å². The van der Waals surface area contributed by atoms with Gasteiger partial charge in [-0.05, 0) is 31.9 Å². The van der Waals surface area contributed by atoms with Crippen LogP contribution in [0.25, 0.3) is 0 Å². The Bertz CT molecular complexity index is 189. The van der Waals surface area contributed by atoms with Gasteiger partial charge in [0.15, 0.2) is 5.78 Å². The maximum absolute atomic E-state index is 10.8. The van der Waals surface area contributed by atoms with Gasteiger partial charge in [-0.3, -0.25) is 4.79 Å². The molecule has 0 saturated carbocycles. The number of carbonyl (C=O) groups excluding carboxylic acids is 1. The van der Waals surface area contributed by atoms with E-state index >= 15 is 0 Å². The summed E-state index contributed by atoms with van der Waals surface area (Å²) in [5, 5.41) is 9.54. The molecule has 2 heteroatoms. The van der Waals surface area contributed by atoms with E-state index in [1.165, 1.54) is 6.08 Å². The summed E-state index contributed by atoms with van der Waals surface area (Å²) < 4.78 is 0. The molecule has 0 aromatic heterocycles. The van der Waals surface area contributed by atoms with E-state index in [1.54, 1.807) is 13.8 Å². The zero-order chi connectivity index (χ0) is 7.78. The van der Waals surface area contributed by atoms with Crippen molar-refractivity contribution >= 4 is 5.78 Å². The highest BCUT2D eigenvalue weighted by Gasteiger charge is 2.27. The van der Waals surface area contributed by atoms with Crippen molar-refractivity contribution in [3.8, 4) is 0 Å². The Hall–Kier alpha value is -0.630. The third-order valence-electron chi connectivity index (χ3n) is 2.09. The monoisotopic (exact) mass is 140 g/mol. The Morgan fingerprint density at radius 2 is 2.30 bits per heavy atom. The lowest BCUT2D eigenvalue weighted by atomic mass is 9.85. The van der Waals surface area contributed by atoms with Gasteiger partial charge in [-0.15, -0.1) is 0 Å². The van der Waals surface area contributed by atoms with Crippen molar-refractivity contribution in [2.75, 3.05) is 0 Å². The lowest BCUT2D eigenvalue weighted by molar-refractivity contribution is -0.116. The number of ketones is 1. The first-order chi connectivity index (χ1) is 4.52. The van der Waals surface area contributed by atoms with Gasteiger partial charge in [0.1, 0.15) is 0 Å². The molecular formula is C8H12O2. The van der Waals surface area contributed by atoms with Crippen molar-refractivity contribution in [1.29, 1.82) is 0 Å². The molecule has 1 aliphatic rings. The number of hydrogen-bond acceptors (Lipinski definition) is 2. The summed E-state index contributed by atoms with van der Waals surface area (Å²) in [5.41, 5.74) is 0.0391. The zero-order valence-corrected chi connectivity index (χ0v) is 6.35. The van der Waals surface area contributed by atoms with E-state index in [9.17, 15) is 9.90 Å². The Morgan fingerprint density at radius 3 is 2.70 bits per heavy atom. The fraction of sp³-hybridized carbons (Fsp3) is 0.625. The average molecular weight is 140 g/mol. The first-order valence-corrected chi connectivity index (χ1v) is 3.46. The molecule has 0 aromatic carbocycles. The van der Waals surface area contributed by atoms with Gasteiger partial charge in [0, 0.05) is 6.42 Å². The quantitative estimate of drug-likeness (QED) is 0.546. The highest BCUT2D eigenvalue weighted by Crippen LogP contribution is 2.26. The third-order valence-corrected chi connectivity index (χ3v) is 2.09. The van der Waals surface area contributed by atoms with Crippen LogP contribution in [-0.2, 0) is 4.79 Å². The molecule has 1 unspecified atom stereocenters. The zero-order valence-electron chi connectivity index (χ0n) is 6.35. The lowest BCUT2D eigenvalue weighted by Crippen LogP contribution is -2.30. The first-order valence-electron chi connectivity index (χ1n) is 3.46. The average Bonchev–Trinajstić information content (AvgIpc) is 1.81. The molecule has 0 fully saturated rings. The van der Waals surface area contributed by atoms with Crippen LogP contribution in [0.5, 0.6) is 0 Å². The molecule has 0 bridgehead atoms. The lowest BCUT2D eigenvalue weighted by Gasteiger charge is -2.26. The maximum atomic E-state index is 10.8. The standard InChI is InChI=1S/C8H12O2/c1-6-5-7(9)3-4-8(6,2)10/h5,10H,3-4H2,1-2H3. The van der Waals surface area contributed by atoms with Crippen LogP contribution in [-0.4, -0.2) is 16.5 Å². The minimum absolute atomic E-state index is 0.129. The molecule has 2 nitrogen and oxygen atoms in total. The molecule has 0 spiro atoms. The highest BCUT2D eigenvalue weighted by molar-refractivity contribution is 5.91. The van der Waals surface area contributed by atoms with E-state index in [2.05, 4.69) is 0 Å². The van der Waals surface area contributed by atoms with Crippen LogP contribution in [0.1, 0.15) is 26.7 Å². The van der Waals surface area contributed by atoms with Gasteiger partial charge in [0.05, 0.1) is 5.60 Å². The van der Waals surface area contributed by atoms with E-state index in [0.717, 1.165) is 5.57 Å². The minimum Gasteiger partial charge on any atom is -0.386 e. The SMILES string of the molecule is CC1=CC(=O)CCC1(C)O. The summed E-state index contributed by atoms with van der Waals surface area (Å²) in [4.78, 5) is 10.8. The number of rotatable bonds is 0. The summed E-state index contributed by atoms with van der Waals surface area (Å²) in [6.45, 7) is 3.53. The highest BCUT2D eigenvalue weighted by atomic mass is 16.3. The maximum Gasteiger partial charge on any atom is 0.155 e. The largest absolute Gasteiger partial charge is 0.386 e. The number of allylic oxidation sites excluding steroid dienone is 1. The number of hydrogen-bond donors (Lipinski definition) is 1. The van der Waals surface area contributed by atoms with Crippen LogP contribution in [0.4, 0.5) is 0 Å². The fourth-order valence-corrected chi connectivity index (χ4v) is 1.03. The topological polar surface area (TPSA) is 37.3 Å². The Kier molecular flexibility index (Phi) is 1.65. The predicted molar refractivity (Wildman–Crippen MR) is 38.6 cm³/mol. The smallest absolute Gasteiger partial charge is 0.155 e. The molecule has 0 aromatic rings. The van der Waals surface area contributed by atoms with Crippen molar-refractivity contribution in [2.45, 2.75) is 32.3 Å². The van der Waals surface area contributed by atoms with Crippen molar-refractivity contribution in [3.63, 3.8) is 0 Å². The predicted octanol–water partition coefficient (Wildman–Crippen LogP) is 1.05. The van der Waals surface area contributed by atoms with E-state index in [4.69, 9.17) is 0 Å².